The van der Waals surface area contributed by atoms with Crippen LogP contribution in [0.4, 0.5) is 4.79 Å². The Balaban J connectivity index is 1.51. The van der Waals surface area contributed by atoms with Gasteiger partial charge in [0.25, 0.3) is 5.56 Å². The van der Waals surface area contributed by atoms with Crippen molar-refractivity contribution in [2.24, 2.45) is 5.92 Å². The van der Waals surface area contributed by atoms with Gasteiger partial charge >= 0.3 is 11.8 Å². The molecule has 1 aliphatic rings. The van der Waals surface area contributed by atoms with Gasteiger partial charge in [0, 0.05) is 25.7 Å². The Morgan fingerprint density at radius 1 is 0.950 bits per heavy atom. The number of carbonyl (C=O) groups excluding carboxylic acids is 1. The van der Waals surface area contributed by atoms with Crippen LogP contribution in [0.2, 0.25) is 0 Å². The predicted molar refractivity (Wildman–Crippen MR) is 157 cm³/mol. The molecule has 212 valence electrons. The van der Waals surface area contributed by atoms with Crippen LogP contribution in [0.15, 0.2) is 58.1 Å². The van der Waals surface area contributed by atoms with Crippen molar-refractivity contribution >= 4 is 28.0 Å². The highest BCUT2D eigenvalue weighted by Crippen LogP contribution is 2.27. The van der Waals surface area contributed by atoms with Crippen LogP contribution in [0.25, 0.3) is 21.9 Å². The molecule has 2 aromatic carbocycles. The van der Waals surface area contributed by atoms with Gasteiger partial charge < -0.3 is 14.2 Å². The predicted octanol–water partition coefficient (Wildman–Crippen LogP) is 5.18. The minimum absolute atomic E-state index is 0.0509. The molecule has 3 heterocycles. The van der Waals surface area contributed by atoms with Gasteiger partial charge in [-0.25, -0.2) is 9.59 Å². The normalized spacial score (nSPS) is 14.9. The average Bonchev–Trinajstić information content (AvgIpc) is 3.18. The molecule has 0 atom stereocenters. The molecule has 9 nitrogen and oxygen atoms in total. The second-order valence-electron chi connectivity index (χ2n) is 12.1. The SMILES string of the molecule is CC(C)CCn1c(Cn2c(=O)n(C3CCN(C(=O)OC(C)(C)C)CC3)c3ccccc32)nc(=O)c2ccccc21. The highest BCUT2D eigenvalue weighted by atomic mass is 16.6. The third kappa shape index (κ3) is 5.55. The van der Waals surface area contributed by atoms with Crippen molar-refractivity contribution in [3.8, 4) is 0 Å². The lowest BCUT2D eigenvalue weighted by molar-refractivity contribution is 0.0188. The number of aromatic nitrogens is 4. The third-order valence-corrected chi connectivity index (χ3v) is 7.55. The van der Waals surface area contributed by atoms with Gasteiger partial charge in [0.15, 0.2) is 0 Å². The van der Waals surface area contributed by atoms with Gasteiger partial charge in [0.2, 0.25) is 0 Å². The minimum Gasteiger partial charge on any atom is -0.444 e. The first-order valence-electron chi connectivity index (χ1n) is 14.2. The maximum absolute atomic E-state index is 14.0. The fraction of sp³-hybridized carbons (Fsp3) is 0.484. The van der Waals surface area contributed by atoms with E-state index in [4.69, 9.17) is 4.74 Å². The molecule has 0 spiro atoms. The number of ether oxygens (including phenoxy) is 1. The zero-order valence-electron chi connectivity index (χ0n) is 24.1. The molecule has 5 rings (SSSR count). The number of imidazole rings is 1. The Labute approximate surface area is 234 Å². The van der Waals surface area contributed by atoms with E-state index < -0.39 is 5.60 Å². The average molecular weight is 546 g/mol. The van der Waals surface area contributed by atoms with Crippen molar-refractivity contribution in [3.63, 3.8) is 0 Å². The molecule has 1 aliphatic heterocycles. The number of amides is 1. The number of likely N-dealkylation sites (tertiary alicyclic amines) is 1. The summed E-state index contributed by atoms with van der Waals surface area (Å²) in [5.74, 6) is 1.05. The molecule has 1 saturated heterocycles. The van der Waals surface area contributed by atoms with Crippen LogP contribution in [0.3, 0.4) is 0 Å². The number of hydrogen-bond donors (Lipinski definition) is 0. The lowest BCUT2D eigenvalue weighted by Gasteiger charge is -2.33. The van der Waals surface area contributed by atoms with Gasteiger partial charge in [0.1, 0.15) is 11.4 Å². The zero-order valence-corrected chi connectivity index (χ0v) is 24.1. The Kier molecular flexibility index (Phi) is 7.57. The summed E-state index contributed by atoms with van der Waals surface area (Å²) in [4.78, 5) is 45.8. The quantitative estimate of drug-likeness (QED) is 0.333. The zero-order chi connectivity index (χ0) is 28.6. The Hall–Kier alpha value is -3.88. The number of fused-ring (bicyclic) bond motifs is 2. The largest absolute Gasteiger partial charge is 0.444 e. The fourth-order valence-electron chi connectivity index (χ4n) is 5.54. The summed E-state index contributed by atoms with van der Waals surface area (Å²) in [5.41, 5.74) is 1.53. The first kappa shape index (κ1) is 27.7. The van der Waals surface area contributed by atoms with Gasteiger partial charge in [0.05, 0.1) is 28.5 Å². The lowest BCUT2D eigenvalue weighted by Crippen LogP contribution is -2.43. The summed E-state index contributed by atoms with van der Waals surface area (Å²) in [5, 5.41) is 0.585. The molecule has 0 aliphatic carbocycles. The summed E-state index contributed by atoms with van der Waals surface area (Å²) in [7, 11) is 0. The van der Waals surface area contributed by atoms with Crippen molar-refractivity contribution in [2.75, 3.05) is 13.1 Å². The van der Waals surface area contributed by atoms with Crippen molar-refractivity contribution in [1.29, 1.82) is 0 Å². The van der Waals surface area contributed by atoms with Gasteiger partial charge in [-0.05, 0) is 70.2 Å². The number of carbonyl (C=O) groups is 1. The summed E-state index contributed by atoms with van der Waals surface area (Å²) in [6.45, 7) is 11.9. The number of benzene rings is 2. The van der Waals surface area contributed by atoms with Crippen molar-refractivity contribution < 1.29 is 9.53 Å². The number of piperidine rings is 1. The number of rotatable bonds is 6. The van der Waals surface area contributed by atoms with E-state index in [2.05, 4.69) is 23.4 Å². The van der Waals surface area contributed by atoms with Crippen LogP contribution in [-0.2, 0) is 17.8 Å². The van der Waals surface area contributed by atoms with E-state index in [0.717, 1.165) is 23.0 Å². The van der Waals surface area contributed by atoms with Gasteiger partial charge in [-0.2, -0.15) is 4.98 Å². The van der Waals surface area contributed by atoms with Crippen molar-refractivity contribution in [2.45, 2.75) is 78.6 Å². The van der Waals surface area contributed by atoms with Crippen LogP contribution in [0, 0.1) is 5.92 Å². The van der Waals surface area contributed by atoms with E-state index in [1.54, 1.807) is 9.47 Å². The van der Waals surface area contributed by atoms with Gasteiger partial charge in [-0.15, -0.1) is 0 Å². The molecule has 2 aromatic heterocycles. The highest BCUT2D eigenvalue weighted by Gasteiger charge is 2.30. The Morgan fingerprint density at radius 3 is 2.23 bits per heavy atom. The molecule has 40 heavy (non-hydrogen) atoms. The lowest BCUT2D eigenvalue weighted by atomic mass is 10.0. The third-order valence-electron chi connectivity index (χ3n) is 7.55. The van der Waals surface area contributed by atoms with E-state index in [1.165, 1.54) is 0 Å². The highest BCUT2D eigenvalue weighted by molar-refractivity contribution is 5.78. The summed E-state index contributed by atoms with van der Waals surface area (Å²) in [6, 6.07) is 15.3. The first-order chi connectivity index (χ1) is 19.0. The van der Waals surface area contributed by atoms with Crippen molar-refractivity contribution in [1.82, 2.24) is 23.6 Å². The van der Waals surface area contributed by atoms with Crippen LogP contribution in [0.1, 0.15) is 65.7 Å². The summed E-state index contributed by atoms with van der Waals surface area (Å²) in [6.07, 6.45) is 1.91. The standard InChI is InChI=1S/C31H39N5O4/c1-21(2)14-19-34-24-11-7-6-10-23(24)28(37)32-27(34)20-35-25-12-8-9-13-26(25)36(29(35)38)22-15-17-33(18-16-22)30(39)40-31(3,4)5/h6-13,21-22H,14-20H2,1-5H3. The minimum atomic E-state index is -0.551. The molecular formula is C31H39N5O4. The van der Waals surface area contributed by atoms with E-state index in [0.29, 0.717) is 49.6 Å². The molecule has 1 amide bonds. The Bertz CT molecular complexity index is 1650. The van der Waals surface area contributed by atoms with Crippen LogP contribution in [0.5, 0.6) is 0 Å². The molecule has 0 radical (unpaired) electrons. The molecule has 0 N–H and O–H groups in total. The molecule has 0 unspecified atom stereocenters. The number of para-hydroxylation sites is 3. The number of nitrogens with zero attached hydrogens (tertiary/aromatic N) is 5. The molecular weight excluding hydrogens is 506 g/mol. The van der Waals surface area contributed by atoms with Gasteiger partial charge in [-0.3, -0.25) is 13.9 Å². The van der Waals surface area contributed by atoms with Crippen LogP contribution >= 0.6 is 0 Å². The Morgan fingerprint density at radius 2 is 1.57 bits per heavy atom. The fourth-order valence-corrected chi connectivity index (χ4v) is 5.54. The molecule has 0 bridgehead atoms. The maximum atomic E-state index is 14.0. The number of hydrogen-bond acceptors (Lipinski definition) is 5. The maximum Gasteiger partial charge on any atom is 0.410 e. The van der Waals surface area contributed by atoms with E-state index in [9.17, 15) is 14.4 Å². The smallest absolute Gasteiger partial charge is 0.410 e. The first-order valence-corrected chi connectivity index (χ1v) is 14.2. The molecule has 4 aromatic rings. The number of aryl methyl sites for hydroxylation is 1. The topological polar surface area (TPSA) is 91.4 Å². The second kappa shape index (κ2) is 10.9. The van der Waals surface area contributed by atoms with E-state index in [1.807, 2.05) is 73.9 Å². The van der Waals surface area contributed by atoms with Gasteiger partial charge in [-0.1, -0.05) is 38.1 Å². The second-order valence-corrected chi connectivity index (χ2v) is 12.1. The van der Waals surface area contributed by atoms with E-state index >= 15 is 0 Å². The van der Waals surface area contributed by atoms with Crippen LogP contribution < -0.4 is 11.2 Å². The van der Waals surface area contributed by atoms with Crippen LogP contribution in [-0.4, -0.2) is 48.4 Å². The monoisotopic (exact) mass is 545 g/mol. The molecule has 9 heteroatoms. The summed E-state index contributed by atoms with van der Waals surface area (Å²) < 4.78 is 11.2. The summed E-state index contributed by atoms with van der Waals surface area (Å²) >= 11 is 0. The molecule has 1 fully saturated rings. The molecule has 0 saturated carbocycles. The van der Waals surface area contributed by atoms with E-state index in [-0.39, 0.29) is 29.9 Å². The van der Waals surface area contributed by atoms with Crippen molar-refractivity contribution in [3.05, 3.63) is 75.2 Å².